The lowest BCUT2D eigenvalue weighted by molar-refractivity contribution is -0.645. The van der Waals surface area contributed by atoms with E-state index in [9.17, 15) is 4.79 Å². The predicted molar refractivity (Wildman–Crippen MR) is 96.8 cm³/mol. The molecule has 0 bridgehead atoms. The van der Waals surface area contributed by atoms with Gasteiger partial charge in [-0.3, -0.25) is 5.73 Å². The quantitative estimate of drug-likeness (QED) is 0.574. The molecule has 130 valence electrons. The number of carbonyl (C=O) groups excluding carboxylic acids is 1. The Bertz CT molecular complexity index is 942. The molecule has 3 aromatic rings. The molecule has 0 unspecified atom stereocenters. The van der Waals surface area contributed by atoms with E-state index >= 15 is 0 Å². The molecule has 0 fully saturated rings. The number of carbonyl (C=O) groups is 1. The number of aromatic nitrogens is 3. The number of hydrogen-bond donors (Lipinski definition) is 1. The van der Waals surface area contributed by atoms with E-state index < -0.39 is 0 Å². The number of ether oxygens (including phenoxy) is 1. The summed E-state index contributed by atoms with van der Waals surface area (Å²) in [6.45, 7) is 6.06. The summed E-state index contributed by atoms with van der Waals surface area (Å²) >= 11 is 6.50. The molecule has 0 spiro atoms. The molecule has 0 amide bonds. The van der Waals surface area contributed by atoms with E-state index in [0.29, 0.717) is 23.2 Å². The molecule has 0 saturated carbocycles. The van der Waals surface area contributed by atoms with Gasteiger partial charge in [-0.25, -0.2) is 14.3 Å². The molecule has 1 aromatic carbocycles. The average molecular weight is 360 g/mol. The lowest BCUT2D eigenvalue weighted by atomic mass is 10.1. The van der Waals surface area contributed by atoms with Crippen LogP contribution in [0.3, 0.4) is 0 Å². The smallest absolute Gasteiger partial charge is 0.363 e. The van der Waals surface area contributed by atoms with Crippen LogP contribution in [-0.4, -0.2) is 22.1 Å². The highest BCUT2D eigenvalue weighted by molar-refractivity contribution is 6.32. The number of benzene rings is 1. The first-order chi connectivity index (χ1) is 11.9. The summed E-state index contributed by atoms with van der Waals surface area (Å²) in [5.74, 6) is 0.0180. The summed E-state index contributed by atoms with van der Waals surface area (Å²) in [4.78, 5) is 16.4. The first-order valence-corrected chi connectivity index (χ1v) is 8.39. The topological polar surface area (TPSA) is 74.0 Å². The van der Waals surface area contributed by atoms with E-state index in [1.807, 2.05) is 32.0 Å². The third kappa shape index (κ3) is 3.05. The van der Waals surface area contributed by atoms with Gasteiger partial charge in [0.05, 0.1) is 11.6 Å². The maximum atomic E-state index is 12.0. The van der Waals surface area contributed by atoms with Crippen LogP contribution in [0.2, 0.25) is 5.02 Å². The molecule has 0 aliphatic carbocycles. The minimum Gasteiger partial charge on any atom is -0.464 e. The number of aryl methyl sites for hydroxylation is 2. The van der Waals surface area contributed by atoms with Crippen LogP contribution >= 0.6 is 11.6 Å². The number of rotatable bonds is 4. The highest BCUT2D eigenvalue weighted by atomic mass is 35.5. The number of halogens is 1. The van der Waals surface area contributed by atoms with E-state index in [2.05, 4.69) is 4.98 Å². The van der Waals surface area contributed by atoms with Gasteiger partial charge in [0, 0.05) is 6.20 Å². The second kappa shape index (κ2) is 6.72. The normalized spacial score (nSPS) is 11.0. The molecular weight excluding hydrogens is 340 g/mol. The van der Waals surface area contributed by atoms with E-state index in [-0.39, 0.29) is 12.5 Å². The van der Waals surface area contributed by atoms with Crippen molar-refractivity contribution in [2.45, 2.75) is 27.3 Å². The van der Waals surface area contributed by atoms with Crippen molar-refractivity contribution in [3.63, 3.8) is 0 Å². The first kappa shape index (κ1) is 17.2. The van der Waals surface area contributed by atoms with Crippen LogP contribution in [0.1, 0.15) is 18.1 Å². The van der Waals surface area contributed by atoms with Gasteiger partial charge in [-0.1, -0.05) is 17.7 Å². The number of pyridine rings is 1. The maximum Gasteiger partial charge on any atom is 0.363 e. The van der Waals surface area contributed by atoms with Gasteiger partial charge in [-0.2, -0.15) is 4.57 Å². The molecule has 2 heterocycles. The van der Waals surface area contributed by atoms with Crippen molar-refractivity contribution in [2.24, 2.45) is 0 Å². The van der Waals surface area contributed by atoms with Crippen molar-refractivity contribution in [2.75, 3.05) is 12.3 Å². The Labute approximate surface area is 150 Å². The largest absolute Gasteiger partial charge is 0.464 e. The standard InChI is InChI=1S/C18H19ClN4O2/c1-4-25-15(24)10-22-14-6-5-7-21-17(14)23(18(22)20)16-12(3)8-11(2)9-13(16)19/h5-9,20H,4,10H2,1-3H3/p+1. The molecule has 0 aliphatic heterocycles. The Hall–Kier alpha value is -2.60. The SMILES string of the molecule is CCOC(=O)C[n+]1c(N)n(-c2c(C)cc(C)cc2Cl)c2ncccc21. The Morgan fingerprint density at radius 1 is 1.40 bits per heavy atom. The fraction of sp³-hybridized carbons (Fsp3) is 0.278. The van der Waals surface area contributed by atoms with Crippen molar-refractivity contribution < 1.29 is 14.1 Å². The molecule has 6 nitrogen and oxygen atoms in total. The van der Waals surface area contributed by atoms with E-state index in [1.54, 1.807) is 28.3 Å². The van der Waals surface area contributed by atoms with Crippen molar-refractivity contribution in [1.82, 2.24) is 9.55 Å². The van der Waals surface area contributed by atoms with Gasteiger partial charge in [0.1, 0.15) is 5.69 Å². The molecule has 2 N–H and O–H groups in total. The number of fused-ring (bicyclic) bond motifs is 1. The van der Waals surface area contributed by atoms with Crippen LogP contribution < -0.4 is 10.3 Å². The highest BCUT2D eigenvalue weighted by Crippen LogP contribution is 2.30. The number of nitrogens with zero attached hydrogens (tertiary/aromatic N) is 3. The van der Waals surface area contributed by atoms with E-state index in [1.165, 1.54) is 0 Å². The average Bonchev–Trinajstić information content (AvgIpc) is 2.80. The molecule has 7 heteroatoms. The monoisotopic (exact) mass is 359 g/mol. The van der Waals surface area contributed by atoms with Crippen LogP contribution in [0.4, 0.5) is 5.95 Å². The lowest BCUT2D eigenvalue weighted by Gasteiger charge is -2.08. The van der Waals surface area contributed by atoms with Crippen molar-refractivity contribution >= 4 is 34.7 Å². The number of imidazole rings is 1. The zero-order valence-electron chi connectivity index (χ0n) is 14.4. The van der Waals surface area contributed by atoms with Crippen LogP contribution in [0, 0.1) is 13.8 Å². The fourth-order valence-corrected chi connectivity index (χ4v) is 3.44. The summed E-state index contributed by atoms with van der Waals surface area (Å²) in [6, 6.07) is 7.59. The van der Waals surface area contributed by atoms with Crippen LogP contribution in [-0.2, 0) is 16.1 Å². The van der Waals surface area contributed by atoms with Gasteiger partial charge in [0.15, 0.2) is 12.1 Å². The third-order valence-electron chi connectivity index (χ3n) is 3.99. The number of hydrogen-bond acceptors (Lipinski definition) is 4. The third-order valence-corrected chi connectivity index (χ3v) is 4.28. The van der Waals surface area contributed by atoms with Gasteiger partial charge >= 0.3 is 11.9 Å². The second-order valence-corrected chi connectivity index (χ2v) is 6.25. The van der Waals surface area contributed by atoms with Crippen molar-refractivity contribution in [3.8, 4) is 5.69 Å². The Balaban J connectivity index is 2.27. The minimum absolute atomic E-state index is 0.0113. The zero-order chi connectivity index (χ0) is 18.1. The van der Waals surface area contributed by atoms with E-state index in [0.717, 1.165) is 22.3 Å². The molecule has 25 heavy (non-hydrogen) atoms. The molecule has 0 saturated heterocycles. The van der Waals surface area contributed by atoms with Crippen LogP contribution in [0.5, 0.6) is 0 Å². The molecule has 0 atom stereocenters. The maximum absolute atomic E-state index is 12.0. The number of nitrogens with two attached hydrogens (primary N) is 1. The molecule has 0 aliphatic rings. The molecular formula is C18H20ClN4O2+. The van der Waals surface area contributed by atoms with Crippen LogP contribution in [0.25, 0.3) is 16.9 Å². The number of nitrogen functional groups attached to an aromatic ring is 1. The van der Waals surface area contributed by atoms with Crippen molar-refractivity contribution in [3.05, 3.63) is 46.6 Å². The molecule has 3 rings (SSSR count). The number of esters is 1. The fourth-order valence-electron chi connectivity index (χ4n) is 3.04. The second-order valence-electron chi connectivity index (χ2n) is 5.84. The van der Waals surface area contributed by atoms with E-state index in [4.69, 9.17) is 22.1 Å². The van der Waals surface area contributed by atoms with Crippen LogP contribution in [0.15, 0.2) is 30.5 Å². The van der Waals surface area contributed by atoms with Gasteiger partial charge in [-0.05, 0) is 50.1 Å². The first-order valence-electron chi connectivity index (χ1n) is 8.01. The zero-order valence-corrected chi connectivity index (χ0v) is 15.2. The summed E-state index contributed by atoms with van der Waals surface area (Å²) in [7, 11) is 0. The minimum atomic E-state index is -0.353. The van der Waals surface area contributed by atoms with Gasteiger partial charge in [0.25, 0.3) is 0 Å². The molecule has 0 radical (unpaired) electrons. The van der Waals surface area contributed by atoms with Gasteiger partial charge in [-0.15, -0.1) is 0 Å². The lowest BCUT2D eigenvalue weighted by Crippen LogP contribution is -2.41. The summed E-state index contributed by atoms with van der Waals surface area (Å²) < 4.78 is 8.53. The number of anilines is 1. The van der Waals surface area contributed by atoms with Gasteiger partial charge in [0.2, 0.25) is 5.65 Å². The predicted octanol–water partition coefficient (Wildman–Crippen LogP) is 2.73. The van der Waals surface area contributed by atoms with Crippen molar-refractivity contribution in [1.29, 1.82) is 0 Å². The Kier molecular flexibility index (Phi) is 4.63. The Morgan fingerprint density at radius 3 is 2.84 bits per heavy atom. The van der Waals surface area contributed by atoms with Gasteiger partial charge < -0.3 is 4.74 Å². The summed E-state index contributed by atoms with van der Waals surface area (Å²) in [6.07, 6.45) is 1.68. The molecule has 2 aromatic heterocycles. The summed E-state index contributed by atoms with van der Waals surface area (Å²) in [5, 5.41) is 0.579. The summed E-state index contributed by atoms with van der Waals surface area (Å²) in [5.41, 5.74) is 10.6. The Morgan fingerprint density at radius 2 is 2.16 bits per heavy atom. The highest BCUT2D eigenvalue weighted by Gasteiger charge is 2.27.